The average molecular weight is 304 g/mol. The molecule has 2 aromatic carbocycles. The third-order valence-electron chi connectivity index (χ3n) is 3.02. The lowest BCUT2D eigenvalue weighted by Crippen LogP contribution is -2.14. The van der Waals surface area contributed by atoms with Gasteiger partial charge < -0.3 is 4.74 Å². The van der Waals surface area contributed by atoms with Gasteiger partial charge in [-0.05, 0) is 43.3 Å². The maximum absolute atomic E-state index is 12.1. The van der Waals surface area contributed by atoms with E-state index >= 15 is 0 Å². The predicted molar refractivity (Wildman–Crippen MR) is 80.6 cm³/mol. The predicted octanol–water partition coefficient (Wildman–Crippen LogP) is 2.66. The van der Waals surface area contributed by atoms with Crippen LogP contribution in [0.25, 0.3) is 0 Å². The molecule has 2 rings (SSSR count). The number of hydrogen-bond donors (Lipinski definition) is 0. The highest BCUT2D eigenvalue weighted by Crippen LogP contribution is 2.14. The molecule has 0 bridgehead atoms. The summed E-state index contributed by atoms with van der Waals surface area (Å²) in [5.74, 6) is 0.450. The lowest BCUT2D eigenvalue weighted by Gasteiger charge is -2.07. The van der Waals surface area contributed by atoms with Gasteiger partial charge in [0, 0.05) is 5.56 Å². The molecule has 0 aromatic heterocycles. The molecular weight excluding hydrogens is 288 g/mol. The first-order valence-electron chi connectivity index (χ1n) is 6.49. The van der Waals surface area contributed by atoms with Crippen LogP contribution in [0.2, 0.25) is 0 Å². The van der Waals surface area contributed by atoms with Crippen molar-refractivity contribution in [1.82, 2.24) is 0 Å². The zero-order valence-corrected chi connectivity index (χ0v) is 12.5. The SMILES string of the molecule is Cc1ccc(S(=O)(=O)CCOc2ccc(C=O)cc2)cc1. The molecule has 0 aliphatic heterocycles. The van der Waals surface area contributed by atoms with Crippen LogP contribution in [0.3, 0.4) is 0 Å². The number of aryl methyl sites for hydroxylation is 1. The standard InChI is InChI=1S/C16H16O4S/c1-13-2-8-16(9-3-13)21(18,19)11-10-20-15-6-4-14(12-17)5-7-15/h2-9,12H,10-11H2,1H3. The summed E-state index contributed by atoms with van der Waals surface area (Å²) in [5, 5.41) is 0. The van der Waals surface area contributed by atoms with Crippen molar-refractivity contribution in [3.05, 3.63) is 59.7 Å². The summed E-state index contributed by atoms with van der Waals surface area (Å²) in [4.78, 5) is 10.8. The first-order chi connectivity index (χ1) is 10.0. The zero-order chi connectivity index (χ0) is 15.3. The molecule has 110 valence electrons. The first-order valence-corrected chi connectivity index (χ1v) is 8.14. The van der Waals surface area contributed by atoms with Crippen LogP contribution in [0.15, 0.2) is 53.4 Å². The molecule has 0 N–H and O–H groups in total. The lowest BCUT2D eigenvalue weighted by atomic mass is 10.2. The number of carbonyl (C=O) groups is 1. The molecule has 0 heterocycles. The number of ether oxygens (including phenoxy) is 1. The Balaban J connectivity index is 1.95. The molecule has 21 heavy (non-hydrogen) atoms. The van der Waals surface area contributed by atoms with E-state index in [1.807, 2.05) is 6.92 Å². The van der Waals surface area contributed by atoms with Crippen LogP contribution in [-0.4, -0.2) is 27.1 Å². The minimum Gasteiger partial charge on any atom is -0.493 e. The third kappa shape index (κ3) is 4.16. The largest absolute Gasteiger partial charge is 0.493 e. The number of sulfone groups is 1. The van der Waals surface area contributed by atoms with Gasteiger partial charge in [0.05, 0.1) is 10.6 Å². The summed E-state index contributed by atoms with van der Waals surface area (Å²) in [6.07, 6.45) is 0.742. The quantitative estimate of drug-likeness (QED) is 0.770. The van der Waals surface area contributed by atoms with E-state index in [-0.39, 0.29) is 12.4 Å². The summed E-state index contributed by atoms with van der Waals surface area (Å²) in [6.45, 7) is 1.97. The van der Waals surface area contributed by atoms with Crippen LogP contribution in [0.1, 0.15) is 15.9 Å². The van der Waals surface area contributed by atoms with Crippen LogP contribution in [-0.2, 0) is 9.84 Å². The molecular formula is C16H16O4S. The third-order valence-corrected chi connectivity index (χ3v) is 4.71. The smallest absolute Gasteiger partial charge is 0.181 e. The van der Waals surface area contributed by atoms with Crippen molar-refractivity contribution in [3.63, 3.8) is 0 Å². The highest BCUT2D eigenvalue weighted by atomic mass is 32.2. The minimum atomic E-state index is -3.34. The minimum absolute atomic E-state index is 0.0661. The summed E-state index contributed by atoms with van der Waals surface area (Å²) < 4.78 is 29.6. The van der Waals surface area contributed by atoms with Gasteiger partial charge in [-0.15, -0.1) is 0 Å². The van der Waals surface area contributed by atoms with Crippen LogP contribution in [0.5, 0.6) is 5.75 Å². The Kier molecular flexibility index (Phi) is 4.75. The summed E-state index contributed by atoms with van der Waals surface area (Å²) in [6, 6.07) is 13.3. The molecule has 4 nitrogen and oxygen atoms in total. The number of aldehydes is 1. The second kappa shape index (κ2) is 6.54. The molecule has 0 unspecified atom stereocenters. The molecule has 0 saturated carbocycles. The van der Waals surface area contributed by atoms with Crippen LogP contribution in [0.4, 0.5) is 0 Å². The molecule has 0 aliphatic rings. The highest BCUT2D eigenvalue weighted by molar-refractivity contribution is 7.91. The fourth-order valence-corrected chi connectivity index (χ4v) is 2.86. The molecule has 0 spiro atoms. The van der Waals surface area contributed by atoms with E-state index in [9.17, 15) is 13.2 Å². The Morgan fingerprint density at radius 3 is 2.19 bits per heavy atom. The number of benzene rings is 2. The Morgan fingerprint density at radius 2 is 1.62 bits per heavy atom. The Morgan fingerprint density at radius 1 is 1.00 bits per heavy atom. The van der Waals surface area contributed by atoms with Crippen molar-refractivity contribution in [2.24, 2.45) is 0 Å². The molecule has 0 saturated heterocycles. The van der Waals surface area contributed by atoms with Crippen molar-refractivity contribution in [3.8, 4) is 5.75 Å². The zero-order valence-electron chi connectivity index (χ0n) is 11.7. The summed E-state index contributed by atoms with van der Waals surface area (Å²) in [5.41, 5.74) is 1.56. The van der Waals surface area contributed by atoms with Gasteiger partial charge in [-0.3, -0.25) is 4.79 Å². The van der Waals surface area contributed by atoms with E-state index in [4.69, 9.17) is 4.74 Å². The van der Waals surface area contributed by atoms with Gasteiger partial charge in [0.1, 0.15) is 18.6 Å². The Hall–Kier alpha value is -2.14. The fraction of sp³-hybridized carbons (Fsp3) is 0.188. The van der Waals surface area contributed by atoms with E-state index < -0.39 is 9.84 Å². The van der Waals surface area contributed by atoms with Crippen LogP contribution < -0.4 is 4.74 Å². The van der Waals surface area contributed by atoms with Gasteiger partial charge in [-0.1, -0.05) is 17.7 Å². The first kappa shape index (κ1) is 15.3. The van der Waals surface area contributed by atoms with Crippen molar-refractivity contribution in [1.29, 1.82) is 0 Å². The average Bonchev–Trinajstić information content (AvgIpc) is 2.48. The van der Waals surface area contributed by atoms with Gasteiger partial charge in [-0.2, -0.15) is 0 Å². The second-order valence-electron chi connectivity index (χ2n) is 4.67. The number of rotatable bonds is 6. The highest BCUT2D eigenvalue weighted by Gasteiger charge is 2.14. The molecule has 0 amide bonds. The summed E-state index contributed by atoms with van der Waals surface area (Å²) in [7, 11) is -3.34. The van der Waals surface area contributed by atoms with E-state index in [0.717, 1.165) is 11.8 Å². The van der Waals surface area contributed by atoms with Crippen molar-refractivity contribution >= 4 is 16.1 Å². The molecule has 5 heteroatoms. The van der Waals surface area contributed by atoms with Gasteiger partial charge >= 0.3 is 0 Å². The molecule has 0 atom stereocenters. The van der Waals surface area contributed by atoms with Gasteiger partial charge in [0.15, 0.2) is 9.84 Å². The van der Waals surface area contributed by atoms with E-state index in [0.29, 0.717) is 16.2 Å². The van der Waals surface area contributed by atoms with E-state index in [2.05, 4.69) is 0 Å². The monoisotopic (exact) mass is 304 g/mol. The van der Waals surface area contributed by atoms with E-state index in [1.54, 1.807) is 48.5 Å². The molecule has 0 aliphatic carbocycles. The second-order valence-corrected chi connectivity index (χ2v) is 6.78. The van der Waals surface area contributed by atoms with Crippen molar-refractivity contribution in [2.45, 2.75) is 11.8 Å². The normalized spacial score (nSPS) is 11.1. The van der Waals surface area contributed by atoms with Gasteiger partial charge in [-0.25, -0.2) is 8.42 Å². The van der Waals surface area contributed by atoms with Crippen molar-refractivity contribution < 1.29 is 17.9 Å². The van der Waals surface area contributed by atoms with E-state index in [1.165, 1.54) is 0 Å². The van der Waals surface area contributed by atoms with Crippen molar-refractivity contribution in [2.75, 3.05) is 12.4 Å². The lowest BCUT2D eigenvalue weighted by molar-refractivity contribution is 0.112. The van der Waals surface area contributed by atoms with Crippen LogP contribution >= 0.6 is 0 Å². The summed E-state index contributed by atoms with van der Waals surface area (Å²) >= 11 is 0. The van der Waals surface area contributed by atoms with Gasteiger partial charge in [0.2, 0.25) is 0 Å². The molecule has 0 fully saturated rings. The fourth-order valence-electron chi connectivity index (χ4n) is 1.78. The maximum atomic E-state index is 12.1. The topological polar surface area (TPSA) is 60.4 Å². The molecule has 2 aromatic rings. The maximum Gasteiger partial charge on any atom is 0.181 e. The Bertz CT molecular complexity index is 701. The van der Waals surface area contributed by atoms with Gasteiger partial charge in [0.25, 0.3) is 0 Å². The van der Waals surface area contributed by atoms with Crippen LogP contribution in [0, 0.1) is 6.92 Å². The molecule has 0 radical (unpaired) electrons. The number of carbonyl (C=O) groups excluding carboxylic acids is 1. The Labute approximate surface area is 124 Å². The number of hydrogen-bond acceptors (Lipinski definition) is 4.